The lowest BCUT2D eigenvalue weighted by Crippen LogP contribution is -2.37. The fraction of sp³-hybridized carbons (Fsp3) is 0.381. The molecule has 2 aromatic rings. The fourth-order valence-corrected chi connectivity index (χ4v) is 3.24. The summed E-state index contributed by atoms with van der Waals surface area (Å²) in [4.78, 5) is 14.8. The number of fused-ring (bicyclic) bond motifs is 1. The zero-order chi connectivity index (χ0) is 19.1. The van der Waals surface area contributed by atoms with Crippen molar-refractivity contribution in [3.05, 3.63) is 65.0 Å². The maximum Gasteiger partial charge on any atom is 0.255 e. The van der Waals surface area contributed by atoms with E-state index in [1.165, 1.54) is 29.3 Å². The molecule has 0 saturated heterocycles. The summed E-state index contributed by atoms with van der Waals surface area (Å²) in [5, 5.41) is 2.88. The molecule has 0 radical (unpaired) electrons. The second-order valence-electron chi connectivity index (χ2n) is 6.68. The zero-order valence-corrected chi connectivity index (χ0v) is 15.4. The number of carbonyl (C=O) groups is 1. The van der Waals surface area contributed by atoms with E-state index in [0.29, 0.717) is 31.9 Å². The molecule has 0 unspecified atom stereocenters. The summed E-state index contributed by atoms with van der Waals surface area (Å²) in [6.07, 6.45) is 1.70. The molecule has 1 amide bonds. The van der Waals surface area contributed by atoms with Gasteiger partial charge in [-0.1, -0.05) is 24.3 Å². The van der Waals surface area contributed by atoms with Gasteiger partial charge in [0.15, 0.2) is 0 Å². The van der Waals surface area contributed by atoms with Crippen molar-refractivity contribution in [2.24, 2.45) is 5.73 Å². The van der Waals surface area contributed by atoms with Crippen LogP contribution >= 0.6 is 0 Å². The molecule has 0 aromatic heterocycles. The lowest BCUT2D eigenvalue weighted by atomic mass is 10.00. The van der Waals surface area contributed by atoms with Crippen LogP contribution in [0, 0.1) is 5.82 Å². The molecule has 2 aromatic carbocycles. The molecule has 3 rings (SSSR count). The number of benzene rings is 2. The first-order chi connectivity index (χ1) is 13.2. The number of hydrogen-bond donors (Lipinski definition) is 2. The van der Waals surface area contributed by atoms with Crippen LogP contribution in [0.3, 0.4) is 0 Å². The lowest BCUT2D eigenvalue weighted by Gasteiger charge is -2.28. The second kappa shape index (κ2) is 9.48. The Balaban J connectivity index is 1.53. The van der Waals surface area contributed by atoms with Crippen LogP contribution in [0.4, 0.5) is 4.39 Å². The summed E-state index contributed by atoms with van der Waals surface area (Å²) in [5.74, 6) is -0.400. The highest BCUT2D eigenvalue weighted by molar-refractivity contribution is 5.96. The van der Waals surface area contributed by atoms with Crippen LogP contribution in [0.1, 0.15) is 27.9 Å². The van der Waals surface area contributed by atoms with E-state index in [4.69, 9.17) is 10.5 Å². The quantitative estimate of drug-likeness (QED) is 0.699. The molecule has 0 spiro atoms. The van der Waals surface area contributed by atoms with Crippen molar-refractivity contribution in [1.29, 1.82) is 0 Å². The van der Waals surface area contributed by atoms with Crippen LogP contribution < -0.4 is 15.8 Å². The Labute approximate surface area is 159 Å². The molecule has 1 heterocycles. The van der Waals surface area contributed by atoms with Crippen molar-refractivity contribution in [3.63, 3.8) is 0 Å². The first-order valence-corrected chi connectivity index (χ1v) is 9.37. The molecule has 0 saturated carbocycles. The van der Waals surface area contributed by atoms with Gasteiger partial charge in [0.05, 0.1) is 12.2 Å². The van der Waals surface area contributed by atoms with Gasteiger partial charge in [-0.3, -0.25) is 9.69 Å². The van der Waals surface area contributed by atoms with Gasteiger partial charge in [0.2, 0.25) is 0 Å². The SMILES string of the molecule is NCCCOc1ccc(F)cc1C(=O)NCCN1CCc2ccccc2C1. The lowest BCUT2D eigenvalue weighted by molar-refractivity contribution is 0.0942. The highest BCUT2D eigenvalue weighted by Gasteiger charge is 2.17. The van der Waals surface area contributed by atoms with Crippen molar-refractivity contribution < 1.29 is 13.9 Å². The minimum Gasteiger partial charge on any atom is -0.493 e. The summed E-state index contributed by atoms with van der Waals surface area (Å²) >= 11 is 0. The number of nitrogens with two attached hydrogens (primary N) is 1. The summed E-state index contributed by atoms with van der Waals surface area (Å²) < 4.78 is 19.2. The highest BCUT2D eigenvalue weighted by Crippen LogP contribution is 2.20. The highest BCUT2D eigenvalue weighted by atomic mass is 19.1. The predicted octanol–water partition coefficient (Wildman–Crippen LogP) is 2.34. The number of nitrogens with one attached hydrogen (secondary N) is 1. The van der Waals surface area contributed by atoms with Gasteiger partial charge in [0.25, 0.3) is 5.91 Å². The third-order valence-corrected chi connectivity index (χ3v) is 4.72. The van der Waals surface area contributed by atoms with Gasteiger partial charge in [0.1, 0.15) is 11.6 Å². The number of hydrogen-bond acceptors (Lipinski definition) is 4. The summed E-state index contributed by atoms with van der Waals surface area (Å²) in [6.45, 7) is 4.01. The van der Waals surface area contributed by atoms with Gasteiger partial charge < -0.3 is 15.8 Å². The van der Waals surface area contributed by atoms with Gasteiger partial charge >= 0.3 is 0 Å². The Morgan fingerprint density at radius 3 is 2.85 bits per heavy atom. The summed E-state index contributed by atoms with van der Waals surface area (Å²) in [7, 11) is 0. The van der Waals surface area contributed by atoms with E-state index in [0.717, 1.165) is 26.1 Å². The van der Waals surface area contributed by atoms with E-state index in [9.17, 15) is 9.18 Å². The Morgan fingerprint density at radius 1 is 1.22 bits per heavy atom. The van der Waals surface area contributed by atoms with Crippen molar-refractivity contribution >= 4 is 5.91 Å². The number of amides is 1. The van der Waals surface area contributed by atoms with Crippen LogP contribution in [-0.4, -0.2) is 43.6 Å². The molecule has 0 bridgehead atoms. The standard InChI is InChI=1S/C21H26FN3O2/c22-18-6-7-20(27-13-3-9-23)19(14-18)21(26)24-10-12-25-11-8-16-4-1-2-5-17(16)15-25/h1-2,4-7,14H,3,8-13,15,23H2,(H,24,26). The molecule has 1 aliphatic rings. The molecule has 5 nitrogen and oxygen atoms in total. The normalized spacial score (nSPS) is 13.9. The second-order valence-corrected chi connectivity index (χ2v) is 6.68. The van der Waals surface area contributed by atoms with Crippen molar-refractivity contribution in [1.82, 2.24) is 10.2 Å². The molecule has 0 fully saturated rings. The Hall–Kier alpha value is -2.44. The topological polar surface area (TPSA) is 67.6 Å². The average Bonchev–Trinajstić information content (AvgIpc) is 2.69. The summed E-state index contributed by atoms with van der Waals surface area (Å²) in [5.41, 5.74) is 8.42. The molecule has 144 valence electrons. The molecule has 0 atom stereocenters. The number of rotatable bonds is 8. The van der Waals surface area contributed by atoms with E-state index in [1.807, 2.05) is 0 Å². The van der Waals surface area contributed by atoms with Crippen LogP contribution in [0.15, 0.2) is 42.5 Å². The molecular weight excluding hydrogens is 345 g/mol. The van der Waals surface area contributed by atoms with Gasteiger partial charge in [-0.15, -0.1) is 0 Å². The van der Waals surface area contributed by atoms with Crippen molar-refractivity contribution in [3.8, 4) is 5.75 Å². The number of nitrogens with zero attached hydrogens (tertiary/aromatic N) is 1. The Bertz CT molecular complexity index is 782. The first-order valence-electron chi connectivity index (χ1n) is 9.37. The van der Waals surface area contributed by atoms with Crippen LogP contribution in [0.25, 0.3) is 0 Å². The largest absolute Gasteiger partial charge is 0.493 e. The van der Waals surface area contributed by atoms with E-state index >= 15 is 0 Å². The van der Waals surface area contributed by atoms with E-state index < -0.39 is 5.82 Å². The third-order valence-electron chi connectivity index (χ3n) is 4.72. The first kappa shape index (κ1) is 19.3. The minimum atomic E-state index is -0.459. The van der Waals surface area contributed by atoms with Crippen molar-refractivity contribution in [2.45, 2.75) is 19.4 Å². The molecule has 3 N–H and O–H groups in total. The van der Waals surface area contributed by atoms with E-state index in [-0.39, 0.29) is 11.5 Å². The maximum absolute atomic E-state index is 13.6. The van der Waals surface area contributed by atoms with E-state index in [2.05, 4.69) is 34.5 Å². The van der Waals surface area contributed by atoms with Crippen LogP contribution in [0.2, 0.25) is 0 Å². The monoisotopic (exact) mass is 371 g/mol. The smallest absolute Gasteiger partial charge is 0.255 e. The molecule has 1 aliphatic heterocycles. The van der Waals surface area contributed by atoms with Crippen LogP contribution in [-0.2, 0) is 13.0 Å². The van der Waals surface area contributed by atoms with Gasteiger partial charge in [-0.2, -0.15) is 0 Å². The van der Waals surface area contributed by atoms with Gasteiger partial charge in [0, 0.05) is 26.2 Å². The van der Waals surface area contributed by atoms with Crippen LogP contribution in [0.5, 0.6) is 5.75 Å². The summed E-state index contributed by atoms with van der Waals surface area (Å²) in [6, 6.07) is 12.4. The maximum atomic E-state index is 13.6. The van der Waals surface area contributed by atoms with E-state index in [1.54, 1.807) is 0 Å². The average molecular weight is 371 g/mol. The molecule has 0 aliphatic carbocycles. The molecule has 27 heavy (non-hydrogen) atoms. The molecular formula is C21H26FN3O2. The molecule has 6 heteroatoms. The van der Waals surface area contributed by atoms with Gasteiger partial charge in [-0.05, 0) is 48.7 Å². The predicted molar refractivity (Wildman–Crippen MR) is 103 cm³/mol. The Morgan fingerprint density at radius 2 is 2.04 bits per heavy atom. The Kier molecular flexibility index (Phi) is 6.79. The third kappa shape index (κ3) is 5.28. The minimum absolute atomic E-state index is 0.219. The number of halogens is 1. The number of carbonyl (C=O) groups excluding carboxylic acids is 1. The zero-order valence-electron chi connectivity index (χ0n) is 15.4. The van der Waals surface area contributed by atoms with Gasteiger partial charge in [-0.25, -0.2) is 4.39 Å². The number of ether oxygens (including phenoxy) is 1. The van der Waals surface area contributed by atoms with Crippen molar-refractivity contribution in [2.75, 3.05) is 32.8 Å². The fourth-order valence-electron chi connectivity index (χ4n) is 3.24.